The lowest BCUT2D eigenvalue weighted by Crippen LogP contribution is -2.62. The highest BCUT2D eigenvalue weighted by Crippen LogP contribution is 2.23. The van der Waals surface area contributed by atoms with Crippen LogP contribution in [0, 0.1) is 0 Å². The number of carboxylic acid groups (broad SMARTS) is 1. The van der Waals surface area contributed by atoms with Crippen LogP contribution in [0.1, 0.15) is 51.4 Å². The molecule has 0 aromatic rings. The maximum absolute atomic E-state index is 12.7. The van der Waals surface area contributed by atoms with E-state index in [2.05, 4.69) is 0 Å². The van der Waals surface area contributed by atoms with Crippen LogP contribution in [0.5, 0.6) is 0 Å². The van der Waals surface area contributed by atoms with E-state index >= 15 is 0 Å². The van der Waals surface area contributed by atoms with Crippen molar-refractivity contribution in [2.24, 2.45) is 5.73 Å². The molecule has 24 heavy (non-hydrogen) atoms. The number of allylic oxidation sites excluding steroid dienone is 2. The number of aliphatic carboxylic acids is 1. The van der Waals surface area contributed by atoms with E-state index in [1.54, 1.807) is 12.2 Å². The number of carboxylic acids is 1. The van der Waals surface area contributed by atoms with Crippen molar-refractivity contribution in [1.29, 1.82) is 0 Å². The summed E-state index contributed by atoms with van der Waals surface area (Å²) in [4.78, 5) is 10.8. The Kier molecular flexibility index (Phi) is 10.1. The van der Waals surface area contributed by atoms with Crippen LogP contribution >= 0.6 is 0 Å². The molecule has 142 valence electrons. The molecule has 0 heterocycles. The third-order valence-corrected chi connectivity index (χ3v) is 3.64. The van der Waals surface area contributed by atoms with Gasteiger partial charge in [0.2, 0.25) is 5.54 Å². The smallest absolute Gasteiger partial charge is 0.389 e. The second-order valence-corrected chi connectivity index (χ2v) is 5.67. The number of rotatable bonds is 12. The first-order valence-corrected chi connectivity index (χ1v) is 7.72. The van der Waals surface area contributed by atoms with Crippen LogP contribution in [-0.4, -0.2) is 40.4 Å². The van der Waals surface area contributed by atoms with E-state index in [0.717, 1.165) is 0 Å². The van der Waals surface area contributed by atoms with Crippen molar-refractivity contribution in [2.45, 2.75) is 75.6 Å². The van der Waals surface area contributed by atoms with E-state index in [4.69, 9.17) is 10.8 Å². The third kappa shape index (κ3) is 8.58. The molecular formula is C15H24F5NO3. The summed E-state index contributed by atoms with van der Waals surface area (Å²) in [5.74, 6) is -1.96. The zero-order valence-corrected chi connectivity index (χ0v) is 13.2. The molecule has 0 bridgehead atoms. The molecule has 0 spiro atoms. The van der Waals surface area contributed by atoms with Crippen molar-refractivity contribution >= 4 is 5.97 Å². The van der Waals surface area contributed by atoms with Crippen LogP contribution in [0.4, 0.5) is 22.0 Å². The van der Waals surface area contributed by atoms with E-state index in [1.807, 2.05) is 0 Å². The molecule has 2 unspecified atom stereocenters. The molecule has 0 aliphatic heterocycles. The van der Waals surface area contributed by atoms with Gasteiger partial charge in [0.25, 0.3) is 6.43 Å². The average Bonchev–Trinajstić information content (AvgIpc) is 2.46. The maximum Gasteiger partial charge on any atom is 0.389 e. The maximum atomic E-state index is 12.7. The fourth-order valence-corrected chi connectivity index (χ4v) is 2.05. The number of nitrogens with two attached hydrogens (primary N) is 1. The number of alkyl halides is 5. The van der Waals surface area contributed by atoms with Crippen molar-refractivity contribution in [2.75, 3.05) is 0 Å². The van der Waals surface area contributed by atoms with Gasteiger partial charge < -0.3 is 15.9 Å². The van der Waals surface area contributed by atoms with Gasteiger partial charge in [-0.15, -0.1) is 0 Å². The zero-order valence-electron chi connectivity index (χ0n) is 13.2. The zero-order chi connectivity index (χ0) is 18.8. The standard InChI is InChI=1S/C15H24F5NO3/c16-12(17)15(21,13(23)24)11(22)9-7-5-3-1-2-4-6-8-10-14(18,19)20/h3,5,11-12,22H,1-2,4,6-10,21H2,(H,23,24). The quantitative estimate of drug-likeness (QED) is 0.282. The Morgan fingerprint density at radius 2 is 1.58 bits per heavy atom. The normalized spacial score (nSPS) is 16.5. The second-order valence-electron chi connectivity index (χ2n) is 5.67. The largest absolute Gasteiger partial charge is 0.480 e. The summed E-state index contributed by atoms with van der Waals surface area (Å²) in [5, 5.41) is 18.3. The van der Waals surface area contributed by atoms with Gasteiger partial charge in [-0.25, -0.2) is 13.6 Å². The monoisotopic (exact) mass is 361 g/mol. The summed E-state index contributed by atoms with van der Waals surface area (Å²) < 4.78 is 61.0. The van der Waals surface area contributed by atoms with Crippen LogP contribution in [0.25, 0.3) is 0 Å². The van der Waals surface area contributed by atoms with Gasteiger partial charge in [0, 0.05) is 6.42 Å². The molecule has 4 nitrogen and oxygen atoms in total. The number of unbranched alkanes of at least 4 members (excludes halogenated alkanes) is 4. The average molecular weight is 361 g/mol. The Bertz CT molecular complexity index is 401. The fourth-order valence-electron chi connectivity index (χ4n) is 2.05. The predicted molar refractivity (Wildman–Crippen MR) is 78.7 cm³/mol. The summed E-state index contributed by atoms with van der Waals surface area (Å²) in [6, 6.07) is 0. The molecule has 0 aromatic heterocycles. The van der Waals surface area contributed by atoms with Gasteiger partial charge in [0.05, 0.1) is 6.10 Å². The first-order chi connectivity index (χ1) is 11.0. The summed E-state index contributed by atoms with van der Waals surface area (Å²) in [5.41, 5.74) is 2.07. The first kappa shape index (κ1) is 22.8. The van der Waals surface area contributed by atoms with Crippen molar-refractivity contribution in [1.82, 2.24) is 0 Å². The van der Waals surface area contributed by atoms with Crippen molar-refractivity contribution in [3.63, 3.8) is 0 Å². The summed E-state index contributed by atoms with van der Waals surface area (Å²) in [6.07, 6.45) is -4.37. The molecule has 0 aliphatic carbocycles. The number of aliphatic hydroxyl groups is 1. The molecule has 4 N–H and O–H groups in total. The Morgan fingerprint density at radius 3 is 2.08 bits per heavy atom. The molecule has 0 aromatic carbocycles. The van der Waals surface area contributed by atoms with E-state index in [-0.39, 0.29) is 19.3 Å². The molecule has 9 heteroatoms. The minimum atomic E-state index is -4.12. The number of halogens is 5. The number of carbonyl (C=O) groups is 1. The molecule has 2 atom stereocenters. The Labute approximate surface area is 137 Å². The van der Waals surface area contributed by atoms with E-state index in [0.29, 0.717) is 25.7 Å². The van der Waals surface area contributed by atoms with Crippen LogP contribution in [-0.2, 0) is 4.79 Å². The SMILES string of the molecule is NC(C(=O)O)(C(F)F)C(O)CCC=CCCCCCCC(F)(F)F. The first-order valence-electron chi connectivity index (χ1n) is 7.72. The highest BCUT2D eigenvalue weighted by atomic mass is 19.4. The fraction of sp³-hybridized carbons (Fsp3) is 0.800. The molecule has 0 aliphatic rings. The lowest BCUT2D eigenvalue weighted by atomic mass is 9.91. The lowest BCUT2D eigenvalue weighted by molar-refractivity contribution is -0.157. The Morgan fingerprint density at radius 1 is 1.04 bits per heavy atom. The molecule has 0 amide bonds. The Hall–Kier alpha value is -1.22. The topological polar surface area (TPSA) is 83.6 Å². The number of hydrogen-bond acceptors (Lipinski definition) is 3. The van der Waals surface area contributed by atoms with E-state index < -0.39 is 36.6 Å². The molecule has 0 saturated carbocycles. The van der Waals surface area contributed by atoms with E-state index in [1.165, 1.54) is 0 Å². The van der Waals surface area contributed by atoms with Gasteiger partial charge >= 0.3 is 12.1 Å². The second kappa shape index (κ2) is 10.6. The van der Waals surface area contributed by atoms with Gasteiger partial charge in [0.15, 0.2) is 0 Å². The Balaban J connectivity index is 3.88. The van der Waals surface area contributed by atoms with Crippen molar-refractivity contribution in [3.8, 4) is 0 Å². The lowest BCUT2D eigenvalue weighted by Gasteiger charge is -2.28. The van der Waals surface area contributed by atoms with Crippen LogP contribution in [0.3, 0.4) is 0 Å². The van der Waals surface area contributed by atoms with E-state index in [9.17, 15) is 31.9 Å². The summed E-state index contributed by atoms with van der Waals surface area (Å²) in [6.45, 7) is 0. The minimum Gasteiger partial charge on any atom is -0.480 e. The van der Waals surface area contributed by atoms with Gasteiger partial charge in [0.1, 0.15) is 0 Å². The third-order valence-electron chi connectivity index (χ3n) is 3.64. The van der Waals surface area contributed by atoms with Gasteiger partial charge in [-0.2, -0.15) is 13.2 Å². The van der Waals surface area contributed by atoms with Crippen LogP contribution in [0.15, 0.2) is 12.2 Å². The van der Waals surface area contributed by atoms with Gasteiger partial charge in [-0.3, -0.25) is 0 Å². The number of aliphatic hydroxyl groups excluding tert-OH is 1. The van der Waals surface area contributed by atoms with Gasteiger partial charge in [-0.05, 0) is 32.1 Å². The highest BCUT2D eigenvalue weighted by Gasteiger charge is 2.49. The summed E-state index contributed by atoms with van der Waals surface area (Å²) in [7, 11) is 0. The van der Waals surface area contributed by atoms with Crippen LogP contribution < -0.4 is 5.73 Å². The molecular weight excluding hydrogens is 337 g/mol. The highest BCUT2D eigenvalue weighted by molar-refractivity contribution is 5.80. The predicted octanol–water partition coefficient (Wildman–Crippen LogP) is 3.63. The minimum absolute atomic E-state index is 0.0980. The summed E-state index contributed by atoms with van der Waals surface area (Å²) >= 11 is 0. The molecule has 0 radical (unpaired) electrons. The van der Waals surface area contributed by atoms with Crippen molar-refractivity contribution < 1.29 is 37.0 Å². The molecule has 0 rings (SSSR count). The van der Waals surface area contributed by atoms with Gasteiger partial charge in [-0.1, -0.05) is 25.0 Å². The number of hydrogen-bond donors (Lipinski definition) is 3. The molecule has 0 fully saturated rings. The molecule has 0 saturated heterocycles. The van der Waals surface area contributed by atoms with Crippen LogP contribution in [0.2, 0.25) is 0 Å². The van der Waals surface area contributed by atoms with Crippen molar-refractivity contribution in [3.05, 3.63) is 12.2 Å².